The van der Waals surface area contributed by atoms with Crippen LogP contribution in [0.4, 0.5) is 5.69 Å². The van der Waals surface area contributed by atoms with Crippen molar-refractivity contribution in [2.45, 2.75) is 39.4 Å². The van der Waals surface area contributed by atoms with Crippen LogP contribution in [0.2, 0.25) is 5.02 Å². The van der Waals surface area contributed by atoms with Crippen LogP contribution in [0.25, 0.3) is 10.9 Å². The number of aromatic nitrogens is 2. The monoisotopic (exact) mass is 502 g/mol. The molecule has 0 aliphatic rings. The molecule has 2 N–H and O–H groups in total. The Morgan fingerprint density at radius 1 is 0.943 bits per heavy atom. The number of amides is 2. The van der Waals surface area contributed by atoms with Crippen LogP contribution < -0.4 is 31.4 Å². The topological polar surface area (TPSA) is 121 Å². The molecule has 0 saturated carbocycles. The van der Waals surface area contributed by atoms with E-state index in [1.807, 2.05) is 0 Å². The molecule has 186 valence electrons. The molecule has 0 aliphatic carbocycles. The van der Waals surface area contributed by atoms with Gasteiger partial charge in [0, 0.05) is 11.6 Å². The number of halogens is 1. The Morgan fingerprint density at radius 3 is 2.20 bits per heavy atom. The van der Waals surface area contributed by atoms with Gasteiger partial charge in [0.25, 0.3) is 5.56 Å². The Balaban J connectivity index is 2.01. The zero-order chi connectivity index (χ0) is 25.9. The van der Waals surface area contributed by atoms with E-state index in [9.17, 15) is 19.2 Å². The van der Waals surface area contributed by atoms with E-state index in [2.05, 4.69) is 10.6 Å². The minimum Gasteiger partial charge on any atom is -0.495 e. The van der Waals surface area contributed by atoms with Gasteiger partial charge in [-0.3, -0.25) is 23.5 Å². The first-order valence-electron chi connectivity index (χ1n) is 10.7. The summed E-state index contributed by atoms with van der Waals surface area (Å²) < 4.78 is 12.4. The van der Waals surface area contributed by atoms with Gasteiger partial charge < -0.3 is 20.1 Å². The first-order valence-corrected chi connectivity index (χ1v) is 11.1. The molecule has 3 rings (SSSR count). The molecular weight excluding hydrogens is 476 g/mol. The van der Waals surface area contributed by atoms with Gasteiger partial charge in [0.2, 0.25) is 11.8 Å². The number of carbonyl (C=O) groups excluding carboxylic acids is 2. The average molecular weight is 503 g/mol. The summed E-state index contributed by atoms with van der Waals surface area (Å²) in [5.41, 5.74) is -1.40. The van der Waals surface area contributed by atoms with E-state index in [0.29, 0.717) is 11.5 Å². The SMILES string of the molecule is COc1cc(OC)c(NC(=O)Cn2c(=O)n(CC(=O)NC(C)(C)C)c(=O)c3ccccc32)cc1Cl. The van der Waals surface area contributed by atoms with Crippen molar-refractivity contribution >= 4 is 40.0 Å². The Hall–Kier alpha value is -3.79. The van der Waals surface area contributed by atoms with Gasteiger partial charge in [0.15, 0.2) is 0 Å². The lowest BCUT2D eigenvalue weighted by Gasteiger charge is -2.21. The van der Waals surface area contributed by atoms with Crippen LogP contribution in [-0.4, -0.2) is 40.7 Å². The number of methoxy groups -OCH3 is 2. The molecule has 2 aromatic carbocycles. The van der Waals surface area contributed by atoms with Crippen molar-refractivity contribution in [1.82, 2.24) is 14.5 Å². The van der Waals surface area contributed by atoms with Gasteiger partial charge in [0.05, 0.1) is 35.8 Å². The zero-order valence-corrected chi connectivity index (χ0v) is 20.9. The number of rotatable bonds is 7. The highest BCUT2D eigenvalue weighted by atomic mass is 35.5. The van der Waals surface area contributed by atoms with Crippen LogP contribution in [-0.2, 0) is 22.7 Å². The van der Waals surface area contributed by atoms with Crippen molar-refractivity contribution in [3.8, 4) is 11.5 Å². The lowest BCUT2D eigenvalue weighted by molar-refractivity contribution is -0.123. The second kappa shape index (κ2) is 10.2. The van der Waals surface area contributed by atoms with Crippen molar-refractivity contribution in [3.05, 3.63) is 62.3 Å². The lowest BCUT2D eigenvalue weighted by atomic mass is 10.1. The van der Waals surface area contributed by atoms with Gasteiger partial charge >= 0.3 is 5.69 Å². The molecule has 35 heavy (non-hydrogen) atoms. The Morgan fingerprint density at radius 2 is 1.57 bits per heavy atom. The van der Waals surface area contributed by atoms with E-state index >= 15 is 0 Å². The predicted molar refractivity (Wildman–Crippen MR) is 134 cm³/mol. The summed E-state index contributed by atoms with van der Waals surface area (Å²) in [5, 5.41) is 5.85. The molecule has 0 aliphatic heterocycles. The molecule has 0 atom stereocenters. The molecule has 1 heterocycles. The predicted octanol–water partition coefficient (Wildman–Crippen LogP) is 2.39. The van der Waals surface area contributed by atoms with Crippen LogP contribution in [0.5, 0.6) is 11.5 Å². The molecule has 11 heteroatoms. The van der Waals surface area contributed by atoms with Gasteiger partial charge in [-0.05, 0) is 39.0 Å². The molecule has 0 bridgehead atoms. The Bertz CT molecular complexity index is 1400. The summed E-state index contributed by atoms with van der Waals surface area (Å²) in [4.78, 5) is 51.7. The van der Waals surface area contributed by atoms with Gasteiger partial charge in [-0.25, -0.2) is 4.79 Å². The van der Waals surface area contributed by atoms with E-state index in [4.69, 9.17) is 21.1 Å². The molecule has 0 radical (unpaired) electrons. The first-order chi connectivity index (χ1) is 16.4. The highest BCUT2D eigenvalue weighted by Gasteiger charge is 2.20. The summed E-state index contributed by atoms with van der Waals surface area (Å²) in [5.74, 6) is -0.397. The van der Waals surface area contributed by atoms with Gasteiger partial charge in [-0.2, -0.15) is 0 Å². The van der Waals surface area contributed by atoms with Crippen LogP contribution in [0.1, 0.15) is 20.8 Å². The van der Waals surface area contributed by atoms with Crippen molar-refractivity contribution in [2.75, 3.05) is 19.5 Å². The number of carbonyl (C=O) groups is 2. The second-order valence-electron chi connectivity index (χ2n) is 8.81. The van der Waals surface area contributed by atoms with E-state index in [-0.39, 0.29) is 21.6 Å². The maximum atomic E-state index is 13.3. The third-order valence-corrected chi connectivity index (χ3v) is 5.29. The van der Waals surface area contributed by atoms with Crippen molar-refractivity contribution in [1.29, 1.82) is 0 Å². The largest absolute Gasteiger partial charge is 0.495 e. The van der Waals surface area contributed by atoms with Crippen LogP contribution in [0.15, 0.2) is 46.0 Å². The summed E-state index contributed by atoms with van der Waals surface area (Å²) >= 11 is 6.17. The normalized spacial score (nSPS) is 11.3. The minimum absolute atomic E-state index is 0.202. The number of hydrogen-bond donors (Lipinski definition) is 2. The van der Waals surface area contributed by atoms with Gasteiger partial charge in [0.1, 0.15) is 24.6 Å². The fraction of sp³-hybridized carbons (Fsp3) is 0.333. The summed E-state index contributed by atoms with van der Waals surface area (Å²) in [6.07, 6.45) is 0. The Labute approximate surface area is 206 Å². The number of nitrogens with one attached hydrogen (secondary N) is 2. The molecular formula is C24H27ClN4O6. The molecule has 10 nitrogen and oxygen atoms in total. The third kappa shape index (κ3) is 5.83. The summed E-state index contributed by atoms with van der Waals surface area (Å²) in [6, 6.07) is 9.38. The number of para-hydroxylation sites is 1. The Kier molecular flexibility index (Phi) is 7.54. The molecule has 1 aromatic heterocycles. The fourth-order valence-electron chi connectivity index (χ4n) is 3.56. The van der Waals surface area contributed by atoms with Crippen LogP contribution in [0.3, 0.4) is 0 Å². The average Bonchev–Trinajstić information content (AvgIpc) is 2.78. The highest BCUT2D eigenvalue weighted by molar-refractivity contribution is 6.32. The molecule has 3 aromatic rings. The number of anilines is 1. The van der Waals surface area contributed by atoms with E-state index < -0.39 is 41.7 Å². The molecule has 0 saturated heterocycles. The van der Waals surface area contributed by atoms with Crippen molar-refractivity contribution in [2.24, 2.45) is 0 Å². The first kappa shape index (κ1) is 25.8. The molecule has 0 spiro atoms. The number of nitrogens with zero attached hydrogens (tertiary/aromatic N) is 2. The number of fused-ring (bicyclic) bond motifs is 1. The lowest BCUT2D eigenvalue weighted by Crippen LogP contribution is -2.48. The number of ether oxygens (including phenoxy) is 2. The van der Waals surface area contributed by atoms with Crippen molar-refractivity contribution in [3.63, 3.8) is 0 Å². The second-order valence-corrected chi connectivity index (χ2v) is 9.22. The van der Waals surface area contributed by atoms with Gasteiger partial charge in [-0.1, -0.05) is 23.7 Å². The standard InChI is InChI=1S/C24H27ClN4O6/c1-24(2,3)27-21(31)13-29-22(32)14-8-6-7-9-17(14)28(23(29)33)12-20(30)26-16-10-15(25)18(34-4)11-19(16)35-5/h6-11H,12-13H2,1-5H3,(H,26,30)(H,27,31). The van der Waals surface area contributed by atoms with Crippen molar-refractivity contribution < 1.29 is 19.1 Å². The van der Waals surface area contributed by atoms with Crippen LogP contribution >= 0.6 is 11.6 Å². The number of hydrogen-bond acceptors (Lipinski definition) is 6. The van der Waals surface area contributed by atoms with E-state index in [1.165, 1.54) is 32.4 Å². The molecule has 0 unspecified atom stereocenters. The third-order valence-electron chi connectivity index (χ3n) is 5.00. The van der Waals surface area contributed by atoms with E-state index in [1.54, 1.807) is 39.0 Å². The smallest absolute Gasteiger partial charge is 0.332 e. The summed E-state index contributed by atoms with van der Waals surface area (Å²) in [6.45, 7) is 4.46. The fourth-order valence-corrected chi connectivity index (χ4v) is 3.80. The van der Waals surface area contributed by atoms with Crippen LogP contribution in [0, 0.1) is 0 Å². The summed E-state index contributed by atoms with van der Waals surface area (Å²) in [7, 11) is 2.88. The van der Waals surface area contributed by atoms with Gasteiger partial charge in [-0.15, -0.1) is 0 Å². The molecule has 0 fully saturated rings. The quantitative estimate of drug-likeness (QED) is 0.512. The minimum atomic E-state index is -0.785. The number of benzene rings is 2. The highest BCUT2D eigenvalue weighted by Crippen LogP contribution is 2.35. The maximum Gasteiger partial charge on any atom is 0.332 e. The maximum absolute atomic E-state index is 13.3. The zero-order valence-electron chi connectivity index (χ0n) is 20.1. The van der Waals surface area contributed by atoms with E-state index in [0.717, 1.165) is 9.13 Å². The molecule has 2 amide bonds.